The summed E-state index contributed by atoms with van der Waals surface area (Å²) in [5.74, 6) is 0.798. The first-order valence-electron chi connectivity index (χ1n) is 8.49. The Balaban J connectivity index is 1.51. The number of likely N-dealkylation sites (tertiary alicyclic amines) is 1. The molecule has 3 rings (SSSR count). The van der Waals surface area contributed by atoms with Crippen molar-refractivity contribution >= 4 is 11.8 Å². The summed E-state index contributed by atoms with van der Waals surface area (Å²) in [7, 11) is 0. The summed E-state index contributed by atoms with van der Waals surface area (Å²) in [6, 6.07) is 1.77. The highest BCUT2D eigenvalue weighted by Crippen LogP contribution is 2.20. The van der Waals surface area contributed by atoms with E-state index in [0.717, 1.165) is 44.3 Å². The summed E-state index contributed by atoms with van der Waals surface area (Å²) in [5, 5.41) is 6.24. The molecule has 2 N–H and O–H groups in total. The summed E-state index contributed by atoms with van der Waals surface area (Å²) < 4.78 is 5.31. The molecule has 2 aliphatic heterocycles. The molecule has 2 amide bonds. The smallest absolute Gasteiger partial charge is 0.289 e. The van der Waals surface area contributed by atoms with E-state index in [2.05, 4.69) is 10.6 Å². The number of carbonyl (C=O) groups is 2. The lowest BCUT2D eigenvalue weighted by atomic mass is 9.97. The molecule has 6 heteroatoms. The van der Waals surface area contributed by atoms with Gasteiger partial charge in [0.2, 0.25) is 5.91 Å². The normalized spacial score (nSPS) is 24.7. The lowest BCUT2D eigenvalue weighted by Gasteiger charge is -2.32. The van der Waals surface area contributed by atoms with Gasteiger partial charge in [-0.2, -0.15) is 0 Å². The number of piperidine rings is 1. The Morgan fingerprint density at radius 2 is 2.26 bits per heavy atom. The molecule has 1 aromatic rings. The van der Waals surface area contributed by atoms with Gasteiger partial charge in [0.05, 0.1) is 12.3 Å². The number of rotatable bonds is 4. The SMILES string of the molecule is Cc1ccoc1C(=O)N1CCCC(CNC(=O)C2CCCN2)C1. The molecule has 23 heavy (non-hydrogen) atoms. The maximum Gasteiger partial charge on any atom is 0.289 e. The fourth-order valence-corrected chi connectivity index (χ4v) is 3.43. The van der Waals surface area contributed by atoms with Crippen LogP contribution in [0.5, 0.6) is 0 Å². The van der Waals surface area contributed by atoms with Crippen LogP contribution < -0.4 is 10.6 Å². The number of amides is 2. The number of carbonyl (C=O) groups excluding carboxylic acids is 2. The Bertz CT molecular complexity index is 563. The highest BCUT2D eigenvalue weighted by atomic mass is 16.3. The van der Waals surface area contributed by atoms with Crippen molar-refractivity contribution in [1.29, 1.82) is 0 Å². The van der Waals surface area contributed by atoms with Crippen LogP contribution in [0.1, 0.15) is 41.8 Å². The van der Waals surface area contributed by atoms with Crippen LogP contribution in [0, 0.1) is 12.8 Å². The van der Waals surface area contributed by atoms with E-state index in [1.807, 2.05) is 17.9 Å². The summed E-state index contributed by atoms with van der Waals surface area (Å²) in [6.07, 6.45) is 5.54. The second kappa shape index (κ2) is 7.17. The third-order valence-electron chi connectivity index (χ3n) is 4.80. The second-order valence-corrected chi connectivity index (χ2v) is 6.59. The summed E-state index contributed by atoms with van der Waals surface area (Å²) in [5.41, 5.74) is 0.873. The molecule has 2 aliphatic rings. The van der Waals surface area contributed by atoms with Crippen LogP contribution in [0.25, 0.3) is 0 Å². The quantitative estimate of drug-likeness (QED) is 0.877. The molecule has 0 saturated carbocycles. The van der Waals surface area contributed by atoms with Gasteiger partial charge in [0.1, 0.15) is 0 Å². The number of nitrogens with zero attached hydrogens (tertiary/aromatic N) is 1. The monoisotopic (exact) mass is 319 g/mol. The minimum Gasteiger partial charge on any atom is -0.459 e. The average Bonchev–Trinajstić information content (AvgIpc) is 3.23. The zero-order valence-corrected chi connectivity index (χ0v) is 13.6. The Morgan fingerprint density at radius 3 is 2.96 bits per heavy atom. The molecule has 0 bridgehead atoms. The molecular formula is C17H25N3O3. The van der Waals surface area contributed by atoms with Crippen LogP contribution in [0.2, 0.25) is 0 Å². The third kappa shape index (κ3) is 3.75. The van der Waals surface area contributed by atoms with E-state index in [4.69, 9.17) is 4.42 Å². The molecule has 6 nitrogen and oxygen atoms in total. The van der Waals surface area contributed by atoms with Crippen molar-refractivity contribution in [2.24, 2.45) is 5.92 Å². The van der Waals surface area contributed by atoms with Crippen molar-refractivity contribution in [3.8, 4) is 0 Å². The lowest BCUT2D eigenvalue weighted by molar-refractivity contribution is -0.123. The average molecular weight is 319 g/mol. The van der Waals surface area contributed by atoms with Gasteiger partial charge in [0.25, 0.3) is 5.91 Å². The van der Waals surface area contributed by atoms with Crippen LogP contribution in [-0.4, -0.2) is 48.9 Å². The largest absolute Gasteiger partial charge is 0.459 e. The van der Waals surface area contributed by atoms with Crippen molar-refractivity contribution < 1.29 is 14.0 Å². The molecule has 2 atom stereocenters. The molecule has 126 valence electrons. The molecular weight excluding hydrogens is 294 g/mol. The van der Waals surface area contributed by atoms with Crippen LogP contribution in [0.3, 0.4) is 0 Å². The van der Waals surface area contributed by atoms with Crippen LogP contribution in [0.4, 0.5) is 0 Å². The minimum atomic E-state index is -0.0408. The first-order chi connectivity index (χ1) is 11.1. The van der Waals surface area contributed by atoms with Gasteiger partial charge in [-0.15, -0.1) is 0 Å². The Labute approximate surface area is 136 Å². The molecule has 1 aromatic heterocycles. The molecule has 0 spiro atoms. The van der Waals surface area contributed by atoms with E-state index >= 15 is 0 Å². The van der Waals surface area contributed by atoms with Gasteiger partial charge in [0, 0.05) is 25.2 Å². The van der Waals surface area contributed by atoms with Gasteiger partial charge in [0.15, 0.2) is 5.76 Å². The number of hydrogen-bond acceptors (Lipinski definition) is 4. The molecule has 2 unspecified atom stereocenters. The van der Waals surface area contributed by atoms with Crippen LogP contribution in [-0.2, 0) is 4.79 Å². The molecule has 0 radical (unpaired) electrons. The van der Waals surface area contributed by atoms with Crippen LogP contribution in [0.15, 0.2) is 16.7 Å². The number of furan rings is 1. The standard InChI is InChI=1S/C17H25N3O3/c1-12-6-9-23-15(12)17(22)20-8-3-4-13(11-20)10-19-16(21)14-5-2-7-18-14/h6,9,13-14,18H,2-5,7-8,10-11H2,1H3,(H,19,21). The minimum absolute atomic E-state index is 0.0397. The van der Waals surface area contributed by atoms with Crippen molar-refractivity contribution in [3.63, 3.8) is 0 Å². The first-order valence-corrected chi connectivity index (χ1v) is 8.49. The molecule has 0 aliphatic carbocycles. The Hall–Kier alpha value is -1.82. The predicted molar refractivity (Wildman–Crippen MR) is 86.1 cm³/mol. The van der Waals surface area contributed by atoms with Gasteiger partial charge >= 0.3 is 0 Å². The van der Waals surface area contributed by atoms with E-state index in [-0.39, 0.29) is 17.9 Å². The van der Waals surface area contributed by atoms with Crippen molar-refractivity contribution in [2.75, 3.05) is 26.2 Å². The molecule has 3 heterocycles. The van der Waals surface area contributed by atoms with Crippen molar-refractivity contribution in [3.05, 3.63) is 23.7 Å². The van der Waals surface area contributed by atoms with Gasteiger partial charge in [-0.1, -0.05) is 0 Å². The Kier molecular flexibility index (Phi) is 5.00. The van der Waals surface area contributed by atoms with E-state index in [1.165, 1.54) is 0 Å². The second-order valence-electron chi connectivity index (χ2n) is 6.59. The molecule has 2 saturated heterocycles. The highest BCUT2D eigenvalue weighted by Gasteiger charge is 2.28. The zero-order valence-electron chi connectivity index (χ0n) is 13.6. The van der Waals surface area contributed by atoms with E-state index in [0.29, 0.717) is 24.8 Å². The van der Waals surface area contributed by atoms with Gasteiger partial charge in [-0.3, -0.25) is 9.59 Å². The summed E-state index contributed by atoms with van der Waals surface area (Å²) in [4.78, 5) is 26.4. The molecule has 0 aromatic carbocycles. The number of nitrogens with one attached hydrogen (secondary N) is 2. The summed E-state index contributed by atoms with van der Waals surface area (Å²) >= 11 is 0. The zero-order chi connectivity index (χ0) is 16.2. The third-order valence-corrected chi connectivity index (χ3v) is 4.80. The number of hydrogen-bond donors (Lipinski definition) is 2. The lowest BCUT2D eigenvalue weighted by Crippen LogP contribution is -2.46. The summed E-state index contributed by atoms with van der Waals surface area (Å²) in [6.45, 7) is 4.88. The maximum absolute atomic E-state index is 12.5. The number of aryl methyl sites for hydroxylation is 1. The topological polar surface area (TPSA) is 74.6 Å². The van der Waals surface area contributed by atoms with Gasteiger partial charge < -0.3 is 20.0 Å². The Morgan fingerprint density at radius 1 is 1.39 bits per heavy atom. The fraction of sp³-hybridized carbons (Fsp3) is 0.647. The maximum atomic E-state index is 12.5. The van der Waals surface area contributed by atoms with Crippen molar-refractivity contribution in [1.82, 2.24) is 15.5 Å². The first kappa shape index (κ1) is 16.1. The van der Waals surface area contributed by atoms with Crippen LogP contribution >= 0.6 is 0 Å². The fourth-order valence-electron chi connectivity index (χ4n) is 3.43. The predicted octanol–water partition coefficient (Wildman–Crippen LogP) is 1.31. The van der Waals surface area contributed by atoms with E-state index in [9.17, 15) is 9.59 Å². The van der Waals surface area contributed by atoms with E-state index < -0.39 is 0 Å². The van der Waals surface area contributed by atoms with E-state index in [1.54, 1.807) is 6.26 Å². The van der Waals surface area contributed by atoms with Crippen molar-refractivity contribution in [2.45, 2.75) is 38.6 Å². The highest BCUT2D eigenvalue weighted by molar-refractivity contribution is 5.92. The molecule has 2 fully saturated rings. The van der Waals surface area contributed by atoms with Gasteiger partial charge in [-0.25, -0.2) is 0 Å². The van der Waals surface area contributed by atoms with Gasteiger partial charge in [-0.05, 0) is 51.1 Å².